The third-order valence-electron chi connectivity index (χ3n) is 3.85. The highest BCUT2D eigenvalue weighted by molar-refractivity contribution is 5.97. The zero-order chi connectivity index (χ0) is 16.8. The Kier molecular flexibility index (Phi) is 5.63. The first kappa shape index (κ1) is 16.9. The second-order valence-corrected chi connectivity index (χ2v) is 5.41. The first-order valence-corrected chi connectivity index (χ1v) is 7.68. The number of methoxy groups -OCH3 is 2. The van der Waals surface area contributed by atoms with E-state index in [1.54, 1.807) is 32.4 Å². The third kappa shape index (κ3) is 4.03. The van der Waals surface area contributed by atoms with E-state index in [4.69, 9.17) is 9.47 Å². The van der Waals surface area contributed by atoms with Gasteiger partial charge in [0.2, 0.25) is 0 Å². The normalized spacial score (nSPS) is 11.7. The van der Waals surface area contributed by atoms with Crippen LogP contribution < -0.4 is 14.8 Å². The number of carbonyl (C=O) groups excluding carboxylic acids is 1. The van der Waals surface area contributed by atoms with Gasteiger partial charge in [0.25, 0.3) is 5.91 Å². The van der Waals surface area contributed by atoms with Crippen LogP contribution in [0.4, 0.5) is 0 Å². The fourth-order valence-electron chi connectivity index (χ4n) is 2.44. The van der Waals surface area contributed by atoms with Crippen molar-refractivity contribution in [2.45, 2.75) is 26.3 Å². The third-order valence-corrected chi connectivity index (χ3v) is 3.85. The van der Waals surface area contributed by atoms with Crippen LogP contribution in [-0.4, -0.2) is 20.1 Å². The summed E-state index contributed by atoms with van der Waals surface area (Å²) in [4.78, 5) is 12.6. The summed E-state index contributed by atoms with van der Waals surface area (Å²) in [6.07, 6.45) is 0.813. The van der Waals surface area contributed by atoms with E-state index in [0.29, 0.717) is 17.1 Å². The molecule has 0 spiro atoms. The van der Waals surface area contributed by atoms with Crippen molar-refractivity contribution in [3.63, 3.8) is 0 Å². The lowest BCUT2D eigenvalue weighted by atomic mass is 10.0. The molecule has 2 rings (SSSR count). The second-order valence-electron chi connectivity index (χ2n) is 5.41. The fraction of sp³-hybridized carbons (Fsp3) is 0.316. The molecule has 4 heteroatoms. The molecule has 0 aliphatic heterocycles. The van der Waals surface area contributed by atoms with E-state index in [1.165, 1.54) is 5.56 Å². The molecule has 0 aromatic heterocycles. The molecule has 0 radical (unpaired) electrons. The Bertz CT molecular complexity index is 665. The minimum Gasteiger partial charge on any atom is -0.497 e. The number of aryl methyl sites for hydroxylation is 1. The van der Waals surface area contributed by atoms with Gasteiger partial charge in [0.1, 0.15) is 11.5 Å². The number of rotatable bonds is 6. The van der Waals surface area contributed by atoms with Gasteiger partial charge in [-0.05, 0) is 31.0 Å². The molecule has 2 aromatic rings. The van der Waals surface area contributed by atoms with Crippen LogP contribution in [-0.2, 0) is 0 Å². The summed E-state index contributed by atoms with van der Waals surface area (Å²) in [5, 5.41) is 3.07. The summed E-state index contributed by atoms with van der Waals surface area (Å²) >= 11 is 0. The van der Waals surface area contributed by atoms with Crippen molar-refractivity contribution in [1.29, 1.82) is 0 Å². The van der Waals surface area contributed by atoms with Gasteiger partial charge in [-0.1, -0.05) is 36.8 Å². The van der Waals surface area contributed by atoms with Crippen LogP contribution in [0.15, 0.2) is 42.5 Å². The molecule has 1 amide bonds. The summed E-state index contributed by atoms with van der Waals surface area (Å²) in [6.45, 7) is 4.10. The molecule has 0 fully saturated rings. The van der Waals surface area contributed by atoms with Gasteiger partial charge in [-0.2, -0.15) is 0 Å². The van der Waals surface area contributed by atoms with E-state index in [0.717, 1.165) is 12.0 Å². The van der Waals surface area contributed by atoms with Gasteiger partial charge < -0.3 is 14.8 Å². The zero-order valence-electron chi connectivity index (χ0n) is 14.1. The first-order chi connectivity index (χ1) is 11.1. The molecule has 2 aromatic carbocycles. The standard InChI is InChI=1S/C19H23NO3/c1-5-17(14-8-6-13(2)7-9-14)20-19(21)16-11-10-15(22-3)12-18(16)23-4/h6-12,17H,5H2,1-4H3,(H,20,21). The Balaban J connectivity index is 2.21. The molecule has 1 N–H and O–H groups in total. The highest BCUT2D eigenvalue weighted by Gasteiger charge is 2.17. The number of hydrogen-bond donors (Lipinski definition) is 1. The molecule has 0 bridgehead atoms. The number of hydrogen-bond acceptors (Lipinski definition) is 3. The number of benzene rings is 2. The van der Waals surface area contributed by atoms with Gasteiger partial charge in [-0.25, -0.2) is 0 Å². The van der Waals surface area contributed by atoms with Crippen molar-refractivity contribution in [2.24, 2.45) is 0 Å². The van der Waals surface area contributed by atoms with Gasteiger partial charge in [0, 0.05) is 6.07 Å². The lowest BCUT2D eigenvalue weighted by molar-refractivity contribution is 0.0932. The van der Waals surface area contributed by atoms with Crippen LogP contribution >= 0.6 is 0 Å². The SMILES string of the molecule is CCC(NC(=O)c1ccc(OC)cc1OC)c1ccc(C)cc1. The van der Waals surface area contributed by atoms with Crippen molar-refractivity contribution in [1.82, 2.24) is 5.32 Å². The Hall–Kier alpha value is -2.49. The lowest BCUT2D eigenvalue weighted by Gasteiger charge is -2.19. The van der Waals surface area contributed by atoms with E-state index in [1.807, 2.05) is 6.92 Å². The molecule has 4 nitrogen and oxygen atoms in total. The smallest absolute Gasteiger partial charge is 0.255 e. The average Bonchev–Trinajstić information content (AvgIpc) is 2.59. The predicted octanol–water partition coefficient (Wildman–Crippen LogP) is 3.89. The molecule has 1 atom stereocenters. The van der Waals surface area contributed by atoms with Crippen LogP contribution in [0.3, 0.4) is 0 Å². The molecule has 122 valence electrons. The number of ether oxygens (including phenoxy) is 2. The highest BCUT2D eigenvalue weighted by atomic mass is 16.5. The Labute approximate surface area is 137 Å². The maximum Gasteiger partial charge on any atom is 0.255 e. The summed E-state index contributed by atoms with van der Waals surface area (Å²) in [6, 6.07) is 13.4. The quantitative estimate of drug-likeness (QED) is 0.880. The van der Waals surface area contributed by atoms with Crippen LogP contribution in [0, 0.1) is 6.92 Å². The Morgan fingerprint density at radius 1 is 1.09 bits per heavy atom. The van der Waals surface area contributed by atoms with E-state index in [9.17, 15) is 4.79 Å². The summed E-state index contributed by atoms with van der Waals surface area (Å²) in [7, 11) is 3.13. The fourth-order valence-corrected chi connectivity index (χ4v) is 2.44. The van der Waals surface area contributed by atoms with Crippen molar-refractivity contribution in [2.75, 3.05) is 14.2 Å². The van der Waals surface area contributed by atoms with Crippen molar-refractivity contribution in [3.8, 4) is 11.5 Å². The van der Waals surface area contributed by atoms with Gasteiger partial charge in [0.15, 0.2) is 0 Å². The highest BCUT2D eigenvalue weighted by Crippen LogP contribution is 2.26. The van der Waals surface area contributed by atoms with Crippen molar-refractivity contribution in [3.05, 3.63) is 59.2 Å². The summed E-state index contributed by atoms with van der Waals surface area (Å²) in [5.41, 5.74) is 2.80. The number of carbonyl (C=O) groups is 1. The summed E-state index contributed by atoms with van der Waals surface area (Å²) in [5.74, 6) is 1.00. The summed E-state index contributed by atoms with van der Waals surface area (Å²) < 4.78 is 10.5. The van der Waals surface area contributed by atoms with E-state index < -0.39 is 0 Å². The van der Waals surface area contributed by atoms with Gasteiger partial charge >= 0.3 is 0 Å². The van der Waals surface area contributed by atoms with Crippen LogP contribution in [0.2, 0.25) is 0 Å². The molecule has 0 saturated carbocycles. The van der Waals surface area contributed by atoms with E-state index in [2.05, 4.69) is 36.5 Å². The maximum atomic E-state index is 12.6. The molecule has 0 heterocycles. The number of nitrogens with one attached hydrogen (secondary N) is 1. The lowest BCUT2D eigenvalue weighted by Crippen LogP contribution is -2.28. The minimum absolute atomic E-state index is 0.0325. The molecular weight excluding hydrogens is 290 g/mol. The Morgan fingerprint density at radius 3 is 2.35 bits per heavy atom. The van der Waals surface area contributed by atoms with Crippen molar-refractivity contribution < 1.29 is 14.3 Å². The predicted molar refractivity (Wildman–Crippen MR) is 91.2 cm³/mol. The second kappa shape index (κ2) is 7.68. The molecule has 0 aliphatic carbocycles. The average molecular weight is 313 g/mol. The monoisotopic (exact) mass is 313 g/mol. The van der Waals surface area contributed by atoms with Gasteiger partial charge in [-0.3, -0.25) is 4.79 Å². The molecule has 0 saturated heterocycles. The number of amides is 1. The van der Waals surface area contributed by atoms with Crippen LogP contribution in [0.5, 0.6) is 11.5 Å². The molecule has 0 aliphatic rings. The molecule has 23 heavy (non-hydrogen) atoms. The Morgan fingerprint density at radius 2 is 1.78 bits per heavy atom. The zero-order valence-corrected chi connectivity index (χ0v) is 14.1. The minimum atomic E-state index is -0.156. The van der Waals surface area contributed by atoms with Gasteiger partial charge in [0.05, 0.1) is 25.8 Å². The maximum absolute atomic E-state index is 12.6. The van der Waals surface area contributed by atoms with Crippen LogP contribution in [0.1, 0.15) is 40.9 Å². The van der Waals surface area contributed by atoms with E-state index >= 15 is 0 Å². The van der Waals surface area contributed by atoms with E-state index in [-0.39, 0.29) is 11.9 Å². The molecular formula is C19H23NO3. The van der Waals surface area contributed by atoms with Crippen LogP contribution in [0.25, 0.3) is 0 Å². The molecule has 1 unspecified atom stereocenters. The van der Waals surface area contributed by atoms with Gasteiger partial charge in [-0.15, -0.1) is 0 Å². The largest absolute Gasteiger partial charge is 0.497 e. The van der Waals surface area contributed by atoms with Crippen molar-refractivity contribution >= 4 is 5.91 Å². The topological polar surface area (TPSA) is 47.6 Å². The first-order valence-electron chi connectivity index (χ1n) is 7.68.